The molecule has 0 spiro atoms. The van der Waals surface area contributed by atoms with Crippen LogP contribution in [0.2, 0.25) is 5.02 Å². The monoisotopic (exact) mass is 281 g/mol. The van der Waals surface area contributed by atoms with Crippen LogP contribution in [0.4, 0.5) is 0 Å². The summed E-state index contributed by atoms with van der Waals surface area (Å²) >= 11 is 5.91. The van der Waals surface area contributed by atoms with Crippen molar-refractivity contribution >= 4 is 22.4 Å². The van der Waals surface area contributed by atoms with Crippen molar-refractivity contribution in [3.63, 3.8) is 0 Å². The molecule has 0 heterocycles. The molecule has 0 radical (unpaired) electrons. The molecule has 0 aliphatic heterocycles. The molecule has 1 nitrogen and oxygen atoms in total. The minimum absolute atomic E-state index is 0.0118. The first kappa shape index (κ1) is 13.2. The van der Waals surface area contributed by atoms with Crippen molar-refractivity contribution in [3.8, 4) is 0 Å². The summed E-state index contributed by atoms with van der Waals surface area (Å²) in [5.41, 5.74) is 8.79. The van der Waals surface area contributed by atoms with Crippen molar-refractivity contribution in [1.82, 2.24) is 0 Å². The zero-order valence-electron chi connectivity index (χ0n) is 11.1. The van der Waals surface area contributed by atoms with Gasteiger partial charge in [0.15, 0.2) is 0 Å². The van der Waals surface area contributed by atoms with Gasteiger partial charge in [0.25, 0.3) is 0 Å². The van der Waals surface area contributed by atoms with Gasteiger partial charge in [-0.3, -0.25) is 0 Å². The van der Waals surface area contributed by atoms with E-state index < -0.39 is 0 Å². The van der Waals surface area contributed by atoms with Crippen molar-refractivity contribution in [1.29, 1.82) is 0 Å². The zero-order valence-corrected chi connectivity index (χ0v) is 11.8. The summed E-state index contributed by atoms with van der Waals surface area (Å²) in [5, 5.41) is 3.22. The average molecular weight is 282 g/mol. The number of hydrogen-bond acceptors (Lipinski definition) is 1. The molecule has 1 unspecified atom stereocenters. The predicted octanol–water partition coefficient (Wildman–Crippen LogP) is 4.74. The molecule has 2 heteroatoms. The highest BCUT2D eigenvalue weighted by Gasteiger charge is 2.10. The predicted molar refractivity (Wildman–Crippen MR) is 86.0 cm³/mol. The van der Waals surface area contributed by atoms with Crippen LogP contribution in [-0.2, 0) is 6.42 Å². The maximum absolute atomic E-state index is 6.40. The number of nitrogens with two attached hydrogens (primary N) is 1. The van der Waals surface area contributed by atoms with Crippen LogP contribution in [0.25, 0.3) is 10.8 Å². The molecule has 0 aliphatic rings. The molecule has 0 fully saturated rings. The number of rotatable bonds is 3. The third-order valence-corrected chi connectivity index (χ3v) is 3.84. The summed E-state index contributed by atoms with van der Waals surface area (Å²) < 4.78 is 0. The molecule has 1 atom stereocenters. The smallest absolute Gasteiger partial charge is 0.0406 e. The van der Waals surface area contributed by atoms with Gasteiger partial charge in [-0.2, -0.15) is 0 Å². The molecule has 100 valence electrons. The lowest BCUT2D eigenvalue weighted by molar-refractivity contribution is 0.728. The Labute approximate surface area is 124 Å². The Morgan fingerprint density at radius 2 is 1.55 bits per heavy atom. The highest BCUT2D eigenvalue weighted by molar-refractivity contribution is 6.30. The van der Waals surface area contributed by atoms with Crippen LogP contribution < -0.4 is 5.73 Å². The van der Waals surface area contributed by atoms with Gasteiger partial charge >= 0.3 is 0 Å². The van der Waals surface area contributed by atoms with E-state index in [-0.39, 0.29) is 6.04 Å². The molecule has 3 aromatic rings. The van der Waals surface area contributed by atoms with Crippen LogP contribution in [0.15, 0.2) is 66.7 Å². The van der Waals surface area contributed by atoms with Gasteiger partial charge in [-0.15, -0.1) is 0 Å². The van der Waals surface area contributed by atoms with Gasteiger partial charge in [0.1, 0.15) is 0 Å². The molecule has 0 bridgehead atoms. The molecule has 3 aromatic carbocycles. The van der Waals surface area contributed by atoms with Crippen LogP contribution in [-0.4, -0.2) is 0 Å². The Morgan fingerprint density at radius 1 is 0.850 bits per heavy atom. The minimum Gasteiger partial charge on any atom is -0.324 e. The molecule has 3 rings (SSSR count). The fourth-order valence-electron chi connectivity index (χ4n) is 2.56. The highest BCUT2D eigenvalue weighted by atomic mass is 35.5. The van der Waals surface area contributed by atoms with Gasteiger partial charge in [0.05, 0.1) is 0 Å². The van der Waals surface area contributed by atoms with Crippen molar-refractivity contribution in [3.05, 3.63) is 82.9 Å². The summed E-state index contributed by atoms with van der Waals surface area (Å²) in [4.78, 5) is 0. The molecule has 0 saturated carbocycles. The maximum atomic E-state index is 6.40. The van der Waals surface area contributed by atoms with Gasteiger partial charge in [-0.25, -0.2) is 0 Å². The van der Waals surface area contributed by atoms with Crippen LogP contribution >= 0.6 is 11.6 Å². The van der Waals surface area contributed by atoms with Crippen LogP contribution in [0.1, 0.15) is 17.2 Å². The van der Waals surface area contributed by atoms with Crippen molar-refractivity contribution in [2.24, 2.45) is 5.73 Å². The summed E-state index contributed by atoms with van der Waals surface area (Å²) in [5.74, 6) is 0. The normalized spacial score (nSPS) is 12.5. The molecule has 20 heavy (non-hydrogen) atoms. The van der Waals surface area contributed by atoms with Gasteiger partial charge in [-0.05, 0) is 40.5 Å². The lowest BCUT2D eigenvalue weighted by atomic mass is 9.95. The van der Waals surface area contributed by atoms with E-state index in [4.69, 9.17) is 17.3 Å². The lowest BCUT2D eigenvalue weighted by Crippen LogP contribution is -2.13. The van der Waals surface area contributed by atoms with Crippen LogP contribution in [0, 0.1) is 0 Å². The van der Waals surface area contributed by atoms with Crippen LogP contribution in [0.3, 0.4) is 0 Å². The first-order valence-electron chi connectivity index (χ1n) is 6.72. The fraction of sp³-hybridized carbons (Fsp3) is 0.111. The first-order chi connectivity index (χ1) is 9.74. The van der Waals surface area contributed by atoms with E-state index in [0.717, 1.165) is 11.4 Å². The van der Waals surface area contributed by atoms with E-state index in [2.05, 4.69) is 42.5 Å². The topological polar surface area (TPSA) is 26.0 Å². The average Bonchev–Trinajstić information content (AvgIpc) is 2.49. The molecule has 0 saturated heterocycles. The second-order valence-electron chi connectivity index (χ2n) is 5.01. The molecule has 0 aliphatic carbocycles. The third-order valence-electron chi connectivity index (χ3n) is 3.59. The SMILES string of the molecule is NC(Cc1ccc(Cl)cc1)c1cccc2ccccc12. The second kappa shape index (κ2) is 5.66. The molecular weight excluding hydrogens is 266 g/mol. The van der Waals surface area contributed by atoms with Gasteiger partial charge < -0.3 is 5.73 Å². The van der Waals surface area contributed by atoms with Gasteiger partial charge in [-0.1, -0.05) is 66.2 Å². The van der Waals surface area contributed by atoms with Crippen LogP contribution in [0.5, 0.6) is 0 Å². The third kappa shape index (κ3) is 2.69. The van der Waals surface area contributed by atoms with E-state index in [1.165, 1.54) is 21.9 Å². The van der Waals surface area contributed by atoms with E-state index in [1.54, 1.807) is 0 Å². The van der Waals surface area contributed by atoms with E-state index in [1.807, 2.05) is 24.3 Å². The Hall–Kier alpha value is -1.83. The van der Waals surface area contributed by atoms with Crippen molar-refractivity contribution in [2.45, 2.75) is 12.5 Å². The molecular formula is C18H16ClN. The van der Waals surface area contributed by atoms with Gasteiger partial charge in [0, 0.05) is 11.1 Å². The van der Waals surface area contributed by atoms with E-state index in [9.17, 15) is 0 Å². The highest BCUT2D eigenvalue weighted by Crippen LogP contribution is 2.25. The molecule has 2 N–H and O–H groups in total. The fourth-order valence-corrected chi connectivity index (χ4v) is 2.68. The summed E-state index contributed by atoms with van der Waals surface area (Å²) in [6.45, 7) is 0. The summed E-state index contributed by atoms with van der Waals surface area (Å²) in [7, 11) is 0. The zero-order chi connectivity index (χ0) is 13.9. The Bertz CT molecular complexity index is 714. The van der Waals surface area contributed by atoms with Crippen molar-refractivity contribution in [2.75, 3.05) is 0 Å². The quantitative estimate of drug-likeness (QED) is 0.737. The number of halogens is 1. The number of hydrogen-bond donors (Lipinski definition) is 1. The van der Waals surface area contributed by atoms with Crippen molar-refractivity contribution < 1.29 is 0 Å². The number of fused-ring (bicyclic) bond motifs is 1. The number of benzene rings is 3. The Balaban J connectivity index is 1.92. The second-order valence-corrected chi connectivity index (χ2v) is 5.44. The molecule has 0 aromatic heterocycles. The summed E-state index contributed by atoms with van der Waals surface area (Å²) in [6, 6.07) is 22.5. The van der Waals surface area contributed by atoms with E-state index in [0.29, 0.717) is 0 Å². The maximum Gasteiger partial charge on any atom is 0.0406 e. The minimum atomic E-state index is -0.0118. The lowest BCUT2D eigenvalue weighted by Gasteiger charge is -2.15. The Morgan fingerprint density at radius 3 is 2.35 bits per heavy atom. The van der Waals surface area contributed by atoms with Gasteiger partial charge in [0.2, 0.25) is 0 Å². The largest absolute Gasteiger partial charge is 0.324 e. The Kier molecular flexibility index (Phi) is 3.72. The van der Waals surface area contributed by atoms with E-state index >= 15 is 0 Å². The summed E-state index contributed by atoms with van der Waals surface area (Å²) in [6.07, 6.45) is 0.811. The molecule has 0 amide bonds. The first-order valence-corrected chi connectivity index (χ1v) is 7.09. The standard InChI is InChI=1S/C18H16ClN/c19-15-10-8-13(9-11-15)12-18(20)17-7-3-5-14-4-1-2-6-16(14)17/h1-11,18H,12,20H2.